The molecule has 3 amide bonds. The lowest BCUT2D eigenvalue weighted by molar-refractivity contribution is -0.127. The highest BCUT2D eigenvalue weighted by atomic mass is 35.5. The summed E-state index contributed by atoms with van der Waals surface area (Å²) in [6, 6.07) is 6.84. The lowest BCUT2D eigenvalue weighted by Gasteiger charge is -2.15. The predicted molar refractivity (Wildman–Crippen MR) is 101 cm³/mol. The van der Waals surface area contributed by atoms with E-state index in [-0.39, 0.29) is 43.2 Å². The van der Waals surface area contributed by atoms with Gasteiger partial charge in [-0.3, -0.25) is 14.4 Å². The average molecular weight is 371 g/mol. The van der Waals surface area contributed by atoms with Gasteiger partial charge in [-0.1, -0.05) is 32.9 Å². The van der Waals surface area contributed by atoms with Gasteiger partial charge in [0.25, 0.3) is 0 Å². The number of benzene rings is 1. The van der Waals surface area contributed by atoms with Gasteiger partial charge in [0.15, 0.2) is 0 Å². The van der Waals surface area contributed by atoms with E-state index >= 15 is 0 Å². The quantitative estimate of drug-likeness (QED) is 0.542. The fourth-order valence-corrected chi connectivity index (χ4v) is 1.90. The maximum absolute atomic E-state index is 11.8. The molecule has 0 aromatic heterocycles. The number of aryl methyl sites for hydroxylation is 1. The number of halogens is 1. The zero-order chi connectivity index (χ0) is 18.1. The highest BCUT2D eigenvalue weighted by molar-refractivity contribution is 5.95. The third-order valence-electron chi connectivity index (χ3n) is 3.51. The lowest BCUT2D eigenvalue weighted by atomic mass is 10.1. The van der Waals surface area contributed by atoms with Gasteiger partial charge in [0.05, 0.1) is 19.1 Å². The third-order valence-corrected chi connectivity index (χ3v) is 3.51. The van der Waals surface area contributed by atoms with Crippen LogP contribution >= 0.6 is 12.4 Å². The van der Waals surface area contributed by atoms with E-state index in [2.05, 4.69) is 16.0 Å². The number of carbonyl (C=O) groups excluding carboxylic acids is 3. The number of rotatable bonds is 8. The van der Waals surface area contributed by atoms with Gasteiger partial charge in [-0.2, -0.15) is 0 Å². The molecule has 0 aliphatic carbocycles. The predicted octanol–water partition coefficient (Wildman–Crippen LogP) is 0.825. The van der Waals surface area contributed by atoms with Crippen molar-refractivity contribution in [2.75, 3.05) is 18.4 Å². The molecule has 1 aromatic rings. The summed E-state index contributed by atoms with van der Waals surface area (Å²) in [5.41, 5.74) is 7.47. The van der Waals surface area contributed by atoms with E-state index in [0.717, 1.165) is 12.0 Å². The van der Waals surface area contributed by atoms with Crippen LogP contribution in [0.15, 0.2) is 24.3 Å². The molecule has 0 saturated heterocycles. The van der Waals surface area contributed by atoms with E-state index in [4.69, 9.17) is 5.73 Å². The Morgan fingerprint density at radius 2 is 1.72 bits per heavy atom. The molecule has 25 heavy (non-hydrogen) atoms. The maximum Gasteiger partial charge on any atom is 0.243 e. The highest BCUT2D eigenvalue weighted by Gasteiger charge is 2.17. The number of carbonyl (C=O) groups is 3. The van der Waals surface area contributed by atoms with Crippen molar-refractivity contribution in [3.05, 3.63) is 29.8 Å². The fourth-order valence-electron chi connectivity index (χ4n) is 1.90. The first-order chi connectivity index (χ1) is 11.3. The van der Waals surface area contributed by atoms with E-state index in [1.807, 2.05) is 39.0 Å². The van der Waals surface area contributed by atoms with Crippen LogP contribution in [0, 0.1) is 5.92 Å². The van der Waals surface area contributed by atoms with Crippen LogP contribution in [0.25, 0.3) is 0 Å². The van der Waals surface area contributed by atoms with Crippen LogP contribution in [-0.4, -0.2) is 36.9 Å². The van der Waals surface area contributed by atoms with E-state index in [9.17, 15) is 14.4 Å². The standard InChI is InChI=1S/C17H26N4O3.ClH/c1-4-12-6-5-7-13(8-12)21-15(23)10-19-14(22)9-20-17(24)16(18)11(2)3;/h5-8,11,16H,4,9-10,18H2,1-3H3,(H,19,22)(H,20,24)(H,21,23);1H/t16-;/m0./s1. The van der Waals surface area contributed by atoms with Crippen LogP contribution in [0.1, 0.15) is 26.3 Å². The summed E-state index contributed by atoms with van der Waals surface area (Å²) in [5, 5.41) is 7.60. The molecule has 8 heteroatoms. The summed E-state index contributed by atoms with van der Waals surface area (Å²) in [4.78, 5) is 35.1. The van der Waals surface area contributed by atoms with Crippen LogP contribution in [0.2, 0.25) is 0 Å². The average Bonchev–Trinajstić information content (AvgIpc) is 2.57. The molecule has 7 nitrogen and oxygen atoms in total. The van der Waals surface area contributed by atoms with Crippen molar-refractivity contribution in [2.45, 2.75) is 33.2 Å². The van der Waals surface area contributed by atoms with Crippen molar-refractivity contribution >= 4 is 35.8 Å². The molecule has 1 aromatic carbocycles. The molecule has 0 unspecified atom stereocenters. The molecule has 0 bridgehead atoms. The second kappa shape index (κ2) is 11.4. The van der Waals surface area contributed by atoms with Crippen molar-refractivity contribution in [2.24, 2.45) is 11.7 Å². The van der Waals surface area contributed by atoms with Gasteiger partial charge in [-0.25, -0.2) is 0 Å². The molecule has 1 rings (SSSR count). The normalized spacial score (nSPS) is 11.2. The van der Waals surface area contributed by atoms with Crippen molar-refractivity contribution in [1.29, 1.82) is 0 Å². The SMILES string of the molecule is CCc1cccc(NC(=O)CNC(=O)CNC(=O)[C@@H](N)C(C)C)c1.Cl. The van der Waals surface area contributed by atoms with Crippen LogP contribution in [-0.2, 0) is 20.8 Å². The van der Waals surface area contributed by atoms with Crippen molar-refractivity contribution in [3.63, 3.8) is 0 Å². The molecule has 140 valence electrons. The van der Waals surface area contributed by atoms with Crippen LogP contribution in [0.4, 0.5) is 5.69 Å². The molecular weight excluding hydrogens is 344 g/mol. The largest absolute Gasteiger partial charge is 0.346 e. The van der Waals surface area contributed by atoms with Gasteiger partial charge >= 0.3 is 0 Å². The Labute approximate surface area is 154 Å². The van der Waals surface area contributed by atoms with E-state index < -0.39 is 11.9 Å². The lowest BCUT2D eigenvalue weighted by Crippen LogP contribution is -2.47. The minimum absolute atomic E-state index is 0. The molecular formula is C17H27ClN4O3. The minimum Gasteiger partial charge on any atom is -0.346 e. The summed E-state index contributed by atoms with van der Waals surface area (Å²) < 4.78 is 0. The Morgan fingerprint density at radius 1 is 1.08 bits per heavy atom. The molecule has 0 saturated carbocycles. The Hall–Kier alpha value is -2.12. The second-order valence-electron chi connectivity index (χ2n) is 5.87. The number of nitrogens with one attached hydrogen (secondary N) is 3. The van der Waals surface area contributed by atoms with Gasteiger partial charge in [-0.15, -0.1) is 12.4 Å². The van der Waals surface area contributed by atoms with Gasteiger partial charge in [-0.05, 0) is 30.0 Å². The zero-order valence-corrected chi connectivity index (χ0v) is 15.6. The fraction of sp³-hybridized carbons (Fsp3) is 0.471. The first kappa shape index (κ1) is 22.9. The van der Waals surface area contributed by atoms with E-state index in [0.29, 0.717) is 5.69 Å². The van der Waals surface area contributed by atoms with Crippen LogP contribution in [0.3, 0.4) is 0 Å². The van der Waals surface area contributed by atoms with E-state index in [1.54, 1.807) is 6.07 Å². The monoisotopic (exact) mass is 370 g/mol. The molecule has 0 aliphatic rings. The van der Waals surface area contributed by atoms with Crippen molar-refractivity contribution in [1.82, 2.24) is 10.6 Å². The topological polar surface area (TPSA) is 113 Å². The molecule has 0 spiro atoms. The number of nitrogens with two attached hydrogens (primary N) is 1. The highest BCUT2D eigenvalue weighted by Crippen LogP contribution is 2.10. The molecule has 0 fully saturated rings. The first-order valence-electron chi connectivity index (χ1n) is 8.02. The Morgan fingerprint density at radius 3 is 2.32 bits per heavy atom. The van der Waals surface area contributed by atoms with E-state index in [1.165, 1.54) is 0 Å². The number of amides is 3. The Balaban J connectivity index is 0.00000576. The van der Waals surface area contributed by atoms with Gasteiger partial charge < -0.3 is 21.7 Å². The molecule has 0 radical (unpaired) electrons. The summed E-state index contributed by atoms with van der Waals surface area (Å²) in [6.07, 6.45) is 0.874. The first-order valence-corrected chi connectivity index (χ1v) is 8.02. The van der Waals surface area contributed by atoms with Crippen molar-refractivity contribution in [3.8, 4) is 0 Å². The summed E-state index contributed by atoms with van der Waals surface area (Å²) in [6.45, 7) is 5.30. The second-order valence-corrected chi connectivity index (χ2v) is 5.87. The number of hydrogen-bond acceptors (Lipinski definition) is 4. The summed E-state index contributed by atoms with van der Waals surface area (Å²) in [5.74, 6) is -1.18. The number of hydrogen-bond donors (Lipinski definition) is 4. The zero-order valence-electron chi connectivity index (χ0n) is 14.8. The van der Waals surface area contributed by atoms with Gasteiger partial charge in [0.1, 0.15) is 0 Å². The molecule has 1 atom stereocenters. The number of anilines is 1. The van der Waals surface area contributed by atoms with Crippen LogP contribution in [0.5, 0.6) is 0 Å². The molecule has 0 aliphatic heterocycles. The third kappa shape index (κ3) is 8.51. The van der Waals surface area contributed by atoms with Gasteiger partial charge in [0.2, 0.25) is 17.7 Å². The maximum atomic E-state index is 11.8. The summed E-state index contributed by atoms with van der Waals surface area (Å²) in [7, 11) is 0. The minimum atomic E-state index is -0.660. The van der Waals surface area contributed by atoms with Crippen molar-refractivity contribution < 1.29 is 14.4 Å². The Bertz CT molecular complexity index is 593. The van der Waals surface area contributed by atoms with Crippen LogP contribution < -0.4 is 21.7 Å². The Kier molecular flexibility index (Phi) is 10.5. The van der Waals surface area contributed by atoms with Gasteiger partial charge in [0, 0.05) is 5.69 Å². The molecule has 0 heterocycles. The molecule has 5 N–H and O–H groups in total. The summed E-state index contributed by atoms with van der Waals surface area (Å²) >= 11 is 0. The smallest absolute Gasteiger partial charge is 0.243 e.